The van der Waals surface area contributed by atoms with Crippen LogP contribution in [0.5, 0.6) is 11.5 Å². The molecule has 1 aliphatic heterocycles. The van der Waals surface area contributed by atoms with Crippen LogP contribution in [-0.4, -0.2) is 81.3 Å². The molecule has 1 aromatic carbocycles. The van der Waals surface area contributed by atoms with Gasteiger partial charge in [0.25, 0.3) is 0 Å². The molecule has 0 aromatic heterocycles. The fraction of sp³-hybridized carbons (Fsp3) is 0.708. The van der Waals surface area contributed by atoms with Crippen LogP contribution in [0, 0.1) is 0 Å². The molecule has 0 radical (unpaired) electrons. The number of aliphatic imine (C=N–C) groups is 1. The van der Waals surface area contributed by atoms with E-state index in [1.54, 1.807) is 7.11 Å². The Morgan fingerprint density at radius 3 is 2.44 bits per heavy atom. The Morgan fingerprint density at radius 1 is 1.06 bits per heavy atom. The number of guanidine groups is 1. The smallest absolute Gasteiger partial charge is 0.191 e. The number of rotatable bonds is 10. The van der Waals surface area contributed by atoms with Gasteiger partial charge in [-0.15, -0.1) is 24.0 Å². The van der Waals surface area contributed by atoms with Crippen LogP contribution in [-0.2, 0) is 6.54 Å². The van der Waals surface area contributed by atoms with Gasteiger partial charge in [-0.05, 0) is 45.2 Å². The third-order valence-corrected chi connectivity index (χ3v) is 6.25. The molecule has 0 spiro atoms. The minimum absolute atomic E-state index is 0. The summed E-state index contributed by atoms with van der Waals surface area (Å²) in [6.07, 6.45) is 5.03. The van der Waals surface area contributed by atoms with Crippen molar-refractivity contribution in [1.82, 2.24) is 20.4 Å². The van der Waals surface area contributed by atoms with Crippen molar-refractivity contribution in [3.63, 3.8) is 0 Å². The van der Waals surface area contributed by atoms with Crippen LogP contribution < -0.4 is 20.1 Å². The molecule has 2 N–H and O–H groups in total. The van der Waals surface area contributed by atoms with E-state index < -0.39 is 0 Å². The molecule has 3 rings (SSSR count). The summed E-state index contributed by atoms with van der Waals surface area (Å²) in [5, 5.41) is 6.86. The van der Waals surface area contributed by atoms with Gasteiger partial charge in [-0.1, -0.05) is 19.1 Å². The lowest BCUT2D eigenvalue weighted by Crippen LogP contribution is -2.49. The summed E-state index contributed by atoms with van der Waals surface area (Å²) in [6, 6.07) is 6.08. The number of nitrogens with zero attached hydrogens (tertiary/aromatic N) is 3. The molecule has 0 unspecified atom stereocenters. The zero-order chi connectivity index (χ0) is 21.9. The molecule has 0 amide bonds. The molecule has 7 nitrogen and oxygen atoms in total. The molecule has 0 bridgehead atoms. The van der Waals surface area contributed by atoms with E-state index in [0.717, 1.165) is 75.1 Å². The Kier molecular flexibility index (Phi) is 12.5. The summed E-state index contributed by atoms with van der Waals surface area (Å²) in [5.74, 6) is 2.50. The van der Waals surface area contributed by atoms with Gasteiger partial charge in [0.2, 0.25) is 0 Å². The highest BCUT2D eigenvalue weighted by Gasteiger charge is 2.20. The highest BCUT2D eigenvalue weighted by molar-refractivity contribution is 14.0. The van der Waals surface area contributed by atoms with E-state index in [0.29, 0.717) is 12.6 Å². The molecule has 1 heterocycles. The lowest BCUT2D eigenvalue weighted by Gasteiger charge is -2.34. The van der Waals surface area contributed by atoms with Gasteiger partial charge in [0.05, 0.1) is 19.8 Å². The highest BCUT2D eigenvalue weighted by atomic mass is 127. The summed E-state index contributed by atoms with van der Waals surface area (Å²) in [5.41, 5.74) is 1.07. The first-order valence-corrected chi connectivity index (χ1v) is 12.0. The normalized spacial score (nSPS) is 18.3. The maximum atomic E-state index is 6.35. The highest BCUT2D eigenvalue weighted by Crippen LogP contribution is 2.35. The average molecular weight is 560 g/mol. The number of nitrogens with one attached hydrogen (secondary N) is 2. The van der Waals surface area contributed by atoms with E-state index in [2.05, 4.69) is 40.3 Å². The molecule has 1 saturated heterocycles. The quantitative estimate of drug-likeness (QED) is 0.261. The second-order valence-corrected chi connectivity index (χ2v) is 8.37. The van der Waals surface area contributed by atoms with Crippen LogP contribution in [0.2, 0.25) is 0 Å². The molecule has 2 aliphatic rings. The van der Waals surface area contributed by atoms with Gasteiger partial charge in [-0.25, -0.2) is 4.99 Å². The summed E-state index contributed by atoms with van der Waals surface area (Å²) in [6.45, 7) is 13.5. The standard InChI is InChI=1S/C24H41N5O2.HI/c1-4-25-24(26-13-14-29-17-15-28(5-2)16-18-29)27-19-20-9-8-12-22(30-3)23(20)31-21-10-6-7-11-21;/h8-9,12,21H,4-7,10-11,13-19H2,1-3H3,(H2,25,26,27);1H. The van der Waals surface area contributed by atoms with Gasteiger partial charge in [-0.2, -0.15) is 0 Å². The first kappa shape index (κ1) is 27.0. The zero-order valence-electron chi connectivity index (χ0n) is 20.1. The fourth-order valence-electron chi connectivity index (χ4n) is 4.32. The number of para-hydroxylation sites is 1. The van der Waals surface area contributed by atoms with Crippen molar-refractivity contribution < 1.29 is 9.47 Å². The van der Waals surface area contributed by atoms with Crippen molar-refractivity contribution in [2.24, 2.45) is 4.99 Å². The summed E-state index contributed by atoms with van der Waals surface area (Å²) >= 11 is 0. The maximum Gasteiger partial charge on any atom is 0.191 e. The number of benzene rings is 1. The molecular formula is C24H42IN5O2. The second-order valence-electron chi connectivity index (χ2n) is 8.37. The maximum absolute atomic E-state index is 6.35. The molecule has 182 valence electrons. The Bertz CT molecular complexity index is 689. The number of ether oxygens (including phenoxy) is 2. The van der Waals surface area contributed by atoms with E-state index in [1.807, 2.05) is 12.1 Å². The number of likely N-dealkylation sites (N-methyl/N-ethyl adjacent to an activating group) is 1. The minimum Gasteiger partial charge on any atom is -0.493 e. The van der Waals surface area contributed by atoms with Crippen molar-refractivity contribution >= 4 is 29.9 Å². The second kappa shape index (κ2) is 14.8. The van der Waals surface area contributed by atoms with Crippen LogP contribution >= 0.6 is 24.0 Å². The predicted molar refractivity (Wildman–Crippen MR) is 143 cm³/mol. The Balaban J connectivity index is 0.00000363. The molecular weight excluding hydrogens is 517 g/mol. The number of hydrogen-bond acceptors (Lipinski definition) is 5. The van der Waals surface area contributed by atoms with Crippen LogP contribution in [0.25, 0.3) is 0 Å². The van der Waals surface area contributed by atoms with Crippen molar-refractivity contribution in [1.29, 1.82) is 0 Å². The number of piperazine rings is 1. The zero-order valence-corrected chi connectivity index (χ0v) is 22.4. The van der Waals surface area contributed by atoms with E-state index in [4.69, 9.17) is 14.5 Å². The topological polar surface area (TPSA) is 61.4 Å². The molecule has 0 atom stereocenters. The number of hydrogen-bond donors (Lipinski definition) is 2. The average Bonchev–Trinajstić information content (AvgIpc) is 3.32. The largest absolute Gasteiger partial charge is 0.493 e. The third-order valence-electron chi connectivity index (χ3n) is 6.25. The molecule has 2 fully saturated rings. The van der Waals surface area contributed by atoms with Crippen molar-refractivity contribution in [2.45, 2.75) is 52.2 Å². The fourth-order valence-corrected chi connectivity index (χ4v) is 4.32. The van der Waals surface area contributed by atoms with E-state index in [-0.39, 0.29) is 24.0 Å². The van der Waals surface area contributed by atoms with E-state index in [1.165, 1.54) is 25.9 Å². The van der Waals surface area contributed by atoms with Crippen molar-refractivity contribution in [3.8, 4) is 11.5 Å². The van der Waals surface area contributed by atoms with Crippen LogP contribution in [0.3, 0.4) is 0 Å². The van der Waals surface area contributed by atoms with Gasteiger partial charge in [-0.3, -0.25) is 4.90 Å². The first-order chi connectivity index (χ1) is 15.2. The Labute approximate surface area is 211 Å². The Morgan fingerprint density at radius 2 is 1.78 bits per heavy atom. The van der Waals surface area contributed by atoms with Crippen LogP contribution in [0.15, 0.2) is 23.2 Å². The number of halogens is 1. The summed E-state index contributed by atoms with van der Waals surface area (Å²) in [4.78, 5) is 9.87. The molecule has 1 aliphatic carbocycles. The van der Waals surface area contributed by atoms with Crippen LogP contribution in [0.4, 0.5) is 0 Å². The van der Waals surface area contributed by atoms with E-state index in [9.17, 15) is 0 Å². The van der Waals surface area contributed by atoms with Crippen molar-refractivity contribution in [2.75, 3.05) is 59.5 Å². The van der Waals surface area contributed by atoms with Gasteiger partial charge in [0, 0.05) is 51.4 Å². The molecule has 1 aromatic rings. The SMILES string of the molecule is CCNC(=NCc1cccc(OC)c1OC1CCCC1)NCCN1CCN(CC)CC1.I. The molecule has 32 heavy (non-hydrogen) atoms. The number of methoxy groups -OCH3 is 1. The van der Waals surface area contributed by atoms with Gasteiger partial charge in [0.15, 0.2) is 17.5 Å². The molecule has 8 heteroatoms. The van der Waals surface area contributed by atoms with Gasteiger partial charge in [0.1, 0.15) is 0 Å². The summed E-state index contributed by atoms with van der Waals surface area (Å²) in [7, 11) is 1.70. The first-order valence-electron chi connectivity index (χ1n) is 12.0. The molecule has 1 saturated carbocycles. The predicted octanol–water partition coefficient (Wildman–Crippen LogP) is 3.33. The van der Waals surface area contributed by atoms with Gasteiger partial charge < -0.3 is 25.0 Å². The van der Waals surface area contributed by atoms with Gasteiger partial charge >= 0.3 is 0 Å². The Hall–Kier alpha value is -1.26. The summed E-state index contributed by atoms with van der Waals surface area (Å²) < 4.78 is 11.9. The van der Waals surface area contributed by atoms with Crippen molar-refractivity contribution in [3.05, 3.63) is 23.8 Å². The lowest BCUT2D eigenvalue weighted by molar-refractivity contribution is 0.139. The van der Waals surface area contributed by atoms with E-state index >= 15 is 0 Å². The third kappa shape index (κ3) is 8.26. The monoisotopic (exact) mass is 559 g/mol. The lowest BCUT2D eigenvalue weighted by atomic mass is 10.1. The van der Waals surface area contributed by atoms with Crippen LogP contribution in [0.1, 0.15) is 45.1 Å². The minimum atomic E-state index is 0.